The van der Waals surface area contributed by atoms with E-state index in [1.54, 1.807) is 0 Å². The fourth-order valence-electron chi connectivity index (χ4n) is 1.38. The minimum absolute atomic E-state index is 0. The number of aldehydes is 1. The average Bonchev–Trinajstić information content (AvgIpc) is 1.85. The molecular formula is C10H12CrO. The first-order chi connectivity index (χ1) is 5.15. The molecule has 0 N–H and O–H groups in total. The molecule has 0 aromatic heterocycles. The van der Waals surface area contributed by atoms with Crippen molar-refractivity contribution in [1.29, 1.82) is 0 Å². The summed E-state index contributed by atoms with van der Waals surface area (Å²) in [6, 6.07) is 4.05. The second-order valence-electron chi connectivity index (χ2n) is 2.93. The summed E-state index contributed by atoms with van der Waals surface area (Å²) in [6.45, 7) is 5.96. The monoisotopic (exact) mass is 200 g/mol. The van der Waals surface area contributed by atoms with Gasteiger partial charge in [0, 0.05) is 22.9 Å². The first-order valence-electron chi connectivity index (χ1n) is 3.68. The van der Waals surface area contributed by atoms with Crippen LogP contribution >= 0.6 is 0 Å². The van der Waals surface area contributed by atoms with Crippen molar-refractivity contribution in [3.05, 3.63) is 34.4 Å². The molecular weight excluding hydrogens is 188 g/mol. The molecule has 0 aliphatic rings. The smallest absolute Gasteiger partial charge is 0.150 e. The Morgan fingerprint density at radius 3 is 1.83 bits per heavy atom. The van der Waals surface area contributed by atoms with E-state index in [0.29, 0.717) is 0 Å². The zero-order valence-corrected chi connectivity index (χ0v) is 8.82. The number of rotatable bonds is 1. The first kappa shape index (κ1) is 11.4. The summed E-state index contributed by atoms with van der Waals surface area (Å²) in [6.07, 6.45) is 0.921. The molecule has 1 aromatic rings. The van der Waals surface area contributed by atoms with Gasteiger partial charge in [-0.2, -0.15) is 0 Å². The number of carbonyl (C=O) groups is 1. The fourth-order valence-corrected chi connectivity index (χ4v) is 1.38. The van der Waals surface area contributed by atoms with Gasteiger partial charge in [0.25, 0.3) is 0 Å². The Bertz CT molecular complexity index is 269. The number of hydrogen-bond donors (Lipinski definition) is 0. The van der Waals surface area contributed by atoms with Crippen LogP contribution in [0.4, 0.5) is 0 Å². The number of carbonyl (C=O) groups excluding carboxylic acids is 1. The molecule has 0 saturated heterocycles. The Hall–Kier alpha value is -0.578. The van der Waals surface area contributed by atoms with E-state index in [1.165, 1.54) is 5.56 Å². The molecule has 0 bridgehead atoms. The largest absolute Gasteiger partial charge is 0.298 e. The van der Waals surface area contributed by atoms with Crippen molar-refractivity contribution in [3.63, 3.8) is 0 Å². The molecule has 0 saturated carbocycles. The van der Waals surface area contributed by atoms with E-state index in [2.05, 4.69) is 0 Å². The van der Waals surface area contributed by atoms with Crippen LogP contribution in [0.25, 0.3) is 0 Å². The van der Waals surface area contributed by atoms with Gasteiger partial charge in [0.05, 0.1) is 0 Å². The van der Waals surface area contributed by atoms with E-state index in [9.17, 15) is 4.79 Å². The molecule has 0 radical (unpaired) electrons. The van der Waals surface area contributed by atoms with Crippen molar-refractivity contribution < 1.29 is 22.2 Å². The van der Waals surface area contributed by atoms with Crippen LogP contribution in [0.5, 0.6) is 0 Å². The molecule has 64 valence electrons. The third kappa shape index (κ3) is 2.20. The molecule has 1 rings (SSSR count). The predicted octanol–water partition coefficient (Wildman–Crippen LogP) is 2.42. The van der Waals surface area contributed by atoms with Crippen LogP contribution in [0.1, 0.15) is 27.0 Å². The van der Waals surface area contributed by atoms with Gasteiger partial charge in [-0.1, -0.05) is 17.7 Å². The quantitative estimate of drug-likeness (QED) is 0.636. The molecule has 0 aliphatic carbocycles. The van der Waals surface area contributed by atoms with E-state index in [4.69, 9.17) is 0 Å². The van der Waals surface area contributed by atoms with E-state index < -0.39 is 0 Å². The predicted molar refractivity (Wildman–Crippen MR) is 46.0 cm³/mol. The summed E-state index contributed by atoms with van der Waals surface area (Å²) in [5, 5.41) is 0. The van der Waals surface area contributed by atoms with E-state index in [-0.39, 0.29) is 17.4 Å². The van der Waals surface area contributed by atoms with Crippen molar-refractivity contribution in [2.45, 2.75) is 20.8 Å². The van der Waals surface area contributed by atoms with Crippen LogP contribution in [-0.2, 0) is 17.4 Å². The molecule has 0 spiro atoms. The van der Waals surface area contributed by atoms with Gasteiger partial charge in [-0.3, -0.25) is 4.79 Å². The Labute approximate surface area is 83.9 Å². The van der Waals surface area contributed by atoms with E-state index in [1.807, 2.05) is 32.9 Å². The summed E-state index contributed by atoms with van der Waals surface area (Å²) in [4.78, 5) is 10.6. The maximum absolute atomic E-state index is 10.6. The van der Waals surface area contributed by atoms with E-state index >= 15 is 0 Å². The molecule has 0 fully saturated rings. The molecule has 0 amide bonds. The zero-order valence-electron chi connectivity index (χ0n) is 7.55. The average molecular weight is 200 g/mol. The minimum Gasteiger partial charge on any atom is -0.298 e. The van der Waals surface area contributed by atoms with Crippen LogP contribution < -0.4 is 0 Å². The van der Waals surface area contributed by atoms with Crippen LogP contribution in [-0.4, -0.2) is 6.29 Å². The summed E-state index contributed by atoms with van der Waals surface area (Å²) in [5.41, 5.74) is 4.18. The van der Waals surface area contributed by atoms with Gasteiger partial charge in [0.15, 0.2) is 6.29 Å². The van der Waals surface area contributed by atoms with Gasteiger partial charge >= 0.3 is 0 Å². The van der Waals surface area contributed by atoms with Crippen LogP contribution in [0.3, 0.4) is 0 Å². The van der Waals surface area contributed by atoms with Crippen molar-refractivity contribution >= 4 is 6.29 Å². The summed E-state index contributed by atoms with van der Waals surface area (Å²) < 4.78 is 0. The molecule has 0 heterocycles. The Kier molecular flexibility index (Phi) is 4.23. The van der Waals surface area contributed by atoms with Crippen molar-refractivity contribution in [2.75, 3.05) is 0 Å². The topological polar surface area (TPSA) is 17.1 Å². The number of aryl methyl sites for hydroxylation is 3. The van der Waals surface area contributed by atoms with Gasteiger partial charge in [-0.15, -0.1) is 0 Å². The Morgan fingerprint density at radius 2 is 1.50 bits per heavy atom. The molecule has 12 heavy (non-hydrogen) atoms. The van der Waals surface area contributed by atoms with Crippen molar-refractivity contribution in [3.8, 4) is 0 Å². The molecule has 0 aliphatic heterocycles. The number of benzene rings is 1. The summed E-state index contributed by atoms with van der Waals surface area (Å²) in [7, 11) is 0. The third-order valence-electron chi connectivity index (χ3n) is 1.86. The van der Waals surface area contributed by atoms with Gasteiger partial charge in [0.1, 0.15) is 0 Å². The first-order valence-corrected chi connectivity index (χ1v) is 3.68. The molecule has 2 heteroatoms. The minimum atomic E-state index is 0. The van der Waals surface area contributed by atoms with Crippen LogP contribution in [0.2, 0.25) is 0 Å². The van der Waals surface area contributed by atoms with Gasteiger partial charge in [0.2, 0.25) is 0 Å². The maximum atomic E-state index is 10.6. The third-order valence-corrected chi connectivity index (χ3v) is 1.86. The van der Waals surface area contributed by atoms with Crippen LogP contribution in [0, 0.1) is 20.8 Å². The Balaban J connectivity index is 0.00000121. The van der Waals surface area contributed by atoms with Gasteiger partial charge < -0.3 is 0 Å². The summed E-state index contributed by atoms with van der Waals surface area (Å²) in [5.74, 6) is 0. The molecule has 1 aromatic carbocycles. The van der Waals surface area contributed by atoms with Gasteiger partial charge in [-0.25, -0.2) is 0 Å². The number of hydrogen-bond acceptors (Lipinski definition) is 1. The SMILES string of the molecule is Cc1cc(C)c(C=O)c(C)c1.[Cr]. The standard InChI is InChI=1S/C10H12O.Cr/c1-7-4-8(2)10(6-11)9(3)5-7;/h4-6H,1-3H3;. The normalized spacial score (nSPS) is 8.92. The van der Waals surface area contributed by atoms with E-state index in [0.717, 1.165) is 23.0 Å². The Morgan fingerprint density at radius 1 is 1.08 bits per heavy atom. The van der Waals surface area contributed by atoms with Gasteiger partial charge in [-0.05, 0) is 31.9 Å². The second kappa shape index (κ2) is 4.45. The van der Waals surface area contributed by atoms with Crippen molar-refractivity contribution in [1.82, 2.24) is 0 Å². The second-order valence-corrected chi connectivity index (χ2v) is 2.93. The fraction of sp³-hybridized carbons (Fsp3) is 0.300. The molecule has 0 atom stereocenters. The molecule has 0 unspecified atom stereocenters. The molecule has 1 nitrogen and oxygen atoms in total. The zero-order chi connectivity index (χ0) is 8.43. The van der Waals surface area contributed by atoms with Crippen molar-refractivity contribution in [2.24, 2.45) is 0 Å². The van der Waals surface area contributed by atoms with Crippen LogP contribution in [0.15, 0.2) is 12.1 Å². The maximum Gasteiger partial charge on any atom is 0.150 e. The summed E-state index contributed by atoms with van der Waals surface area (Å²) >= 11 is 0.